The summed E-state index contributed by atoms with van der Waals surface area (Å²) in [4.78, 5) is 28.1. The molecule has 2 aromatic carbocycles. The molecule has 2 aliphatic heterocycles. The van der Waals surface area contributed by atoms with Crippen molar-refractivity contribution in [2.24, 2.45) is 0 Å². The average Bonchev–Trinajstić information content (AvgIpc) is 3.26. The fourth-order valence-electron chi connectivity index (χ4n) is 6.69. The highest BCUT2D eigenvalue weighted by Crippen LogP contribution is 2.43. The van der Waals surface area contributed by atoms with Crippen LogP contribution in [0.25, 0.3) is 0 Å². The van der Waals surface area contributed by atoms with Gasteiger partial charge in [0.2, 0.25) is 5.43 Å². The van der Waals surface area contributed by atoms with Crippen LogP contribution < -0.4 is 20.5 Å². The molecule has 1 amide bonds. The van der Waals surface area contributed by atoms with E-state index < -0.39 is 8.32 Å². The number of amides is 1. The minimum absolute atomic E-state index is 0.113. The molecule has 1 atom stereocenters. The van der Waals surface area contributed by atoms with Crippen molar-refractivity contribution in [1.29, 1.82) is 0 Å². The van der Waals surface area contributed by atoms with E-state index in [1.54, 1.807) is 6.07 Å². The lowest BCUT2D eigenvalue weighted by atomic mass is 9.89. The maximum atomic E-state index is 13.4. The molecule has 0 spiro atoms. The van der Waals surface area contributed by atoms with E-state index in [2.05, 4.69) is 86.0 Å². The molecule has 0 saturated heterocycles. The highest BCUT2D eigenvalue weighted by molar-refractivity contribution is 6.99. The Morgan fingerprint density at radius 3 is 2.11 bits per heavy atom. The van der Waals surface area contributed by atoms with Crippen molar-refractivity contribution in [3.05, 3.63) is 88.3 Å². The summed E-state index contributed by atoms with van der Waals surface area (Å²) in [6.07, 6.45) is 2.37. The molecule has 200 valence electrons. The van der Waals surface area contributed by atoms with E-state index in [-0.39, 0.29) is 27.7 Å². The van der Waals surface area contributed by atoms with E-state index in [0.717, 1.165) is 25.0 Å². The average molecular weight is 531 g/mol. The number of nitrogens with zero attached hydrogens (tertiary/aromatic N) is 2. The lowest BCUT2D eigenvalue weighted by molar-refractivity contribution is 0.0518. The van der Waals surface area contributed by atoms with Gasteiger partial charge in [-0.25, -0.2) is 0 Å². The van der Waals surface area contributed by atoms with Gasteiger partial charge >= 0.3 is 0 Å². The summed E-state index contributed by atoms with van der Waals surface area (Å²) in [7, 11) is -1.21. The van der Waals surface area contributed by atoms with Gasteiger partial charge in [-0.15, -0.1) is 0 Å². The zero-order valence-corrected chi connectivity index (χ0v) is 24.1. The van der Waals surface area contributed by atoms with Crippen LogP contribution in [-0.2, 0) is 16.4 Å². The molecule has 0 fully saturated rings. The highest BCUT2D eigenvalue weighted by Gasteiger charge is 2.52. The monoisotopic (exact) mass is 530 g/mol. The first-order chi connectivity index (χ1) is 18.2. The molecule has 0 aliphatic carbocycles. The summed E-state index contributed by atoms with van der Waals surface area (Å²) in [5.41, 5.74) is 0.756. The van der Waals surface area contributed by atoms with Gasteiger partial charge < -0.3 is 18.6 Å². The van der Waals surface area contributed by atoms with Gasteiger partial charge in [0.1, 0.15) is 0 Å². The number of benzene rings is 2. The molecule has 2 aliphatic rings. The Labute approximate surface area is 226 Å². The van der Waals surface area contributed by atoms with Crippen LogP contribution in [-0.4, -0.2) is 50.5 Å². The number of methoxy groups -OCH3 is 1. The zero-order chi connectivity index (χ0) is 27.1. The Balaban J connectivity index is 1.57. The molecule has 0 N–H and O–H groups in total. The Morgan fingerprint density at radius 2 is 1.58 bits per heavy atom. The summed E-state index contributed by atoms with van der Waals surface area (Å²) in [5, 5.41) is 2.39. The Bertz CT molecular complexity index is 1340. The summed E-state index contributed by atoms with van der Waals surface area (Å²) < 4.78 is 14.9. The van der Waals surface area contributed by atoms with Crippen molar-refractivity contribution in [2.45, 2.75) is 57.5 Å². The lowest BCUT2D eigenvalue weighted by Crippen LogP contribution is -2.67. The predicted molar refractivity (Wildman–Crippen MR) is 153 cm³/mol. The molecule has 0 radical (unpaired) electrons. The maximum Gasteiger partial charge on any atom is 0.274 e. The van der Waals surface area contributed by atoms with E-state index in [1.807, 2.05) is 11.8 Å². The standard InChI is InChI=1S/C31H38N2O4Si/c1-6-32-22-31(18-17-23-21-26(34)28(36-5)27(29(32)35)33(23)31)19-20-37-38(30(2,3)4,24-13-9-7-10-14-24)25-15-11-8-12-16-25/h7-16,21H,6,17-20,22H2,1-5H3. The molecule has 38 heavy (non-hydrogen) atoms. The smallest absolute Gasteiger partial charge is 0.274 e. The Kier molecular flexibility index (Phi) is 6.86. The van der Waals surface area contributed by atoms with Gasteiger partial charge in [-0.1, -0.05) is 81.4 Å². The number of pyridine rings is 1. The van der Waals surface area contributed by atoms with Crippen LogP contribution in [0, 0.1) is 0 Å². The van der Waals surface area contributed by atoms with Crippen LogP contribution in [0.3, 0.4) is 0 Å². The second kappa shape index (κ2) is 9.86. The van der Waals surface area contributed by atoms with Crippen molar-refractivity contribution < 1.29 is 14.0 Å². The molecule has 3 aromatic rings. The molecule has 6 nitrogen and oxygen atoms in total. The third-order valence-corrected chi connectivity index (χ3v) is 13.5. The topological polar surface area (TPSA) is 60.8 Å². The fourth-order valence-corrected chi connectivity index (χ4v) is 11.2. The molecule has 0 saturated carbocycles. The number of aryl methyl sites for hydroxylation is 1. The van der Waals surface area contributed by atoms with Crippen molar-refractivity contribution in [2.75, 3.05) is 26.8 Å². The van der Waals surface area contributed by atoms with Crippen LogP contribution in [0.1, 0.15) is 56.7 Å². The van der Waals surface area contributed by atoms with Crippen LogP contribution in [0.5, 0.6) is 5.75 Å². The van der Waals surface area contributed by atoms with Crippen molar-refractivity contribution in [3.63, 3.8) is 0 Å². The molecular weight excluding hydrogens is 492 g/mol. The molecule has 1 unspecified atom stereocenters. The molecule has 3 heterocycles. The van der Waals surface area contributed by atoms with Crippen molar-refractivity contribution in [3.8, 4) is 5.75 Å². The predicted octanol–water partition coefficient (Wildman–Crippen LogP) is 3.94. The first-order valence-electron chi connectivity index (χ1n) is 13.6. The fraction of sp³-hybridized carbons (Fsp3) is 0.419. The summed E-state index contributed by atoms with van der Waals surface area (Å²) in [6.45, 7) is 10.6. The molecule has 7 heteroatoms. The number of rotatable bonds is 8. The van der Waals surface area contributed by atoms with Crippen LogP contribution in [0.15, 0.2) is 71.5 Å². The van der Waals surface area contributed by atoms with Crippen LogP contribution >= 0.6 is 0 Å². The number of aromatic nitrogens is 1. The number of hydrogen-bond acceptors (Lipinski definition) is 4. The first kappa shape index (κ1) is 26.4. The number of carbonyl (C=O) groups excluding carboxylic acids is 1. The number of ether oxygens (including phenoxy) is 1. The van der Waals surface area contributed by atoms with Crippen LogP contribution in [0.4, 0.5) is 0 Å². The minimum atomic E-state index is -2.68. The Hall–Kier alpha value is -3.16. The van der Waals surface area contributed by atoms with Gasteiger partial charge in [0.05, 0.1) is 12.6 Å². The number of hydrogen-bond donors (Lipinski definition) is 0. The van der Waals surface area contributed by atoms with E-state index in [0.29, 0.717) is 25.4 Å². The van der Waals surface area contributed by atoms with E-state index in [9.17, 15) is 9.59 Å². The van der Waals surface area contributed by atoms with E-state index in [4.69, 9.17) is 9.16 Å². The summed E-state index contributed by atoms with van der Waals surface area (Å²) in [5.74, 6) is 0.0183. The highest BCUT2D eigenvalue weighted by atomic mass is 28.4. The first-order valence-corrected chi connectivity index (χ1v) is 15.5. The molecule has 5 rings (SSSR count). The zero-order valence-electron chi connectivity index (χ0n) is 23.1. The van der Waals surface area contributed by atoms with Crippen LogP contribution in [0.2, 0.25) is 5.04 Å². The van der Waals surface area contributed by atoms with Crippen molar-refractivity contribution >= 4 is 24.6 Å². The molecule has 1 aromatic heterocycles. The molecular formula is C31H38N2O4Si. The maximum absolute atomic E-state index is 13.4. The quantitative estimate of drug-likeness (QED) is 0.414. The van der Waals surface area contributed by atoms with Gasteiger partial charge in [0, 0.05) is 31.5 Å². The van der Waals surface area contributed by atoms with Crippen molar-refractivity contribution in [1.82, 2.24) is 9.47 Å². The van der Waals surface area contributed by atoms with Gasteiger partial charge in [0.25, 0.3) is 14.2 Å². The summed E-state index contributed by atoms with van der Waals surface area (Å²) in [6, 6.07) is 23.0. The van der Waals surface area contributed by atoms with Gasteiger partial charge in [-0.3, -0.25) is 9.59 Å². The van der Waals surface area contributed by atoms with E-state index >= 15 is 0 Å². The number of likely N-dealkylation sites (N-methyl/N-ethyl adjacent to an activating group) is 1. The summed E-state index contributed by atoms with van der Waals surface area (Å²) >= 11 is 0. The lowest BCUT2D eigenvalue weighted by Gasteiger charge is -2.46. The largest absolute Gasteiger partial charge is 0.491 e. The van der Waals surface area contributed by atoms with E-state index in [1.165, 1.54) is 17.5 Å². The van der Waals surface area contributed by atoms with Gasteiger partial charge in [-0.05, 0) is 41.6 Å². The van der Waals surface area contributed by atoms with Gasteiger partial charge in [-0.2, -0.15) is 0 Å². The number of carbonyl (C=O) groups is 1. The SMILES string of the molecule is CCN1CC2(CCO[Si](c3ccccc3)(c3ccccc3)C(C)(C)C)CCc3cc(=O)c(OC)c(n32)C1=O. The normalized spacial score (nSPS) is 19.0. The second-order valence-corrected chi connectivity index (χ2v) is 15.8. The Morgan fingerprint density at radius 1 is 0.974 bits per heavy atom. The van der Waals surface area contributed by atoms with Gasteiger partial charge in [0.15, 0.2) is 11.4 Å². The third kappa shape index (κ3) is 4.03. The second-order valence-electron chi connectivity index (χ2n) is 11.5. The third-order valence-electron chi connectivity index (χ3n) is 8.43. The minimum Gasteiger partial charge on any atom is -0.491 e. The molecule has 0 bridgehead atoms.